The molecule has 0 saturated heterocycles. The van der Waals surface area contributed by atoms with Crippen LogP contribution in [-0.2, 0) is 14.3 Å². The zero-order valence-corrected chi connectivity index (χ0v) is 10.5. The summed E-state index contributed by atoms with van der Waals surface area (Å²) in [6.45, 7) is 2.05. The van der Waals surface area contributed by atoms with Crippen molar-refractivity contribution in [2.45, 2.75) is 19.1 Å². The first kappa shape index (κ1) is 11.2. The number of methoxy groups -OCH3 is 2. The molecule has 0 aliphatic heterocycles. The minimum atomic E-state index is -1.06. The van der Waals surface area contributed by atoms with Crippen molar-refractivity contribution in [3.8, 4) is 0 Å². The summed E-state index contributed by atoms with van der Waals surface area (Å²) in [6, 6.07) is 0. The van der Waals surface area contributed by atoms with Crippen molar-refractivity contribution in [2.24, 2.45) is 23.7 Å². The van der Waals surface area contributed by atoms with Crippen LogP contribution in [0.4, 0.5) is 0 Å². The zero-order chi connectivity index (χ0) is 12.2. The monoisotopic (exact) mass is 234 g/mol. The molecular weight excluding hydrogens is 216 g/mol. The quantitative estimate of drug-likeness (QED) is 0.541. The number of carbonyl (C=O) groups excluding carboxylic acids is 1. The van der Waals surface area contributed by atoms with Crippen LogP contribution in [-0.4, -0.2) is 25.8 Å². The normalized spacial score (nSPS) is 41.6. The Labute approximate surface area is 101 Å². The smallest absolute Gasteiger partial charge is 0.236 e. The minimum absolute atomic E-state index is 0.0396. The molecule has 1 saturated carbocycles. The molecule has 4 atom stereocenters. The highest BCUT2D eigenvalue weighted by molar-refractivity contribution is 5.98. The van der Waals surface area contributed by atoms with Crippen LogP contribution in [0.2, 0.25) is 0 Å². The SMILES string of the molecule is COC1(OC)C(=O)C=C(C)[C@@H]2[C@H]1[C@@H]1C=C[C@H]2C1. The predicted octanol–water partition coefficient (Wildman–Crippen LogP) is 1.94. The number of hydrogen-bond acceptors (Lipinski definition) is 3. The molecule has 2 bridgehead atoms. The van der Waals surface area contributed by atoms with Gasteiger partial charge in [-0.2, -0.15) is 0 Å². The lowest BCUT2D eigenvalue weighted by atomic mass is 9.69. The molecule has 0 radical (unpaired) electrons. The van der Waals surface area contributed by atoms with Crippen LogP contribution < -0.4 is 0 Å². The lowest BCUT2D eigenvalue weighted by molar-refractivity contribution is -0.237. The van der Waals surface area contributed by atoms with Crippen LogP contribution in [0.3, 0.4) is 0 Å². The Morgan fingerprint density at radius 2 is 1.88 bits per heavy atom. The molecule has 0 unspecified atom stereocenters. The van der Waals surface area contributed by atoms with Gasteiger partial charge >= 0.3 is 0 Å². The maximum atomic E-state index is 12.3. The third-order valence-corrected chi connectivity index (χ3v) is 4.73. The fraction of sp³-hybridized carbons (Fsp3) is 0.643. The van der Waals surface area contributed by atoms with E-state index in [2.05, 4.69) is 19.1 Å². The second kappa shape index (κ2) is 3.53. The van der Waals surface area contributed by atoms with E-state index in [4.69, 9.17) is 9.47 Å². The zero-order valence-electron chi connectivity index (χ0n) is 10.5. The Hall–Kier alpha value is -0.930. The lowest BCUT2D eigenvalue weighted by Gasteiger charge is -2.44. The van der Waals surface area contributed by atoms with Gasteiger partial charge in [-0.05, 0) is 37.2 Å². The van der Waals surface area contributed by atoms with Gasteiger partial charge in [0.1, 0.15) is 0 Å². The van der Waals surface area contributed by atoms with Crippen LogP contribution in [0, 0.1) is 23.7 Å². The number of carbonyl (C=O) groups is 1. The van der Waals surface area contributed by atoms with Crippen LogP contribution >= 0.6 is 0 Å². The summed E-state index contributed by atoms with van der Waals surface area (Å²) in [7, 11) is 3.14. The molecule has 3 rings (SSSR count). The van der Waals surface area contributed by atoms with E-state index in [1.807, 2.05) is 0 Å². The van der Waals surface area contributed by atoms with E-state index in [0.717, 1.165) is 6.42 Å². The van der Waals surface area contributed by atoms with Crippen LogP contribution in [0.25, 0.3) is 0 Å². The summed E-state index contributed by atoms with van der Waals surface area (Å²) in [6.07, 6.45) is 7.35. The van der Waals surface area contributed by atoms with Gasteiger partial charge in [-0.25, -0.2) is 0 Å². The Morgan fingerprint density at radius 3 is 2.53 bits per heavy atom. The first-order chi connectivity index (χ1) is 8.14. The van der Waals surface area contributed by atoms with E-state index in [1.165, 1.54) is 5.57 Å². The number of rotatable bonds is 2. The first-order valence-electron chi connectivity index (χ1n) is 6.15. The molecule has 92 valence electrons. The Morgan fingerprint density at radius 1 is 1.24 bits per heavy atom. The highest BCUT2D eigenvalue weighted by Gasteiger charge is 2.61. The average Bonchev–Trinajstić information content (AvgIpc) is 2.91. The van der Waals surface area contributed by atoms with Gasteiger partial charge in [-0.3, -0.25) is 4.79 Å². The lowest BCUT2D eigenvalue weighted by Crippen LogP contribution is -2.55. The highest BCUT2D eigenvalue weighted by atomic mass is 16.7. The van der Waals surface area contributed by atoms with Crippen molar-refractivity contribution < 1.29 is 14.3 Å². The van der Waals surface area contributed by atoms with Gasteiger partial charge in [0.25, 0.3) is 0 Å². The maximum Gasteiger partial charge on any atom is 0.236 e. The van der Waals surface area contributed by atoms with E-state index >= 15 is 0 Å². The molecule has 3 nitrogen and oxygen atoms in total. The third kappa shape index (κ3) is 1.21. The van der Waals surface area contributed by atoms with Crippen molar-refractivity contribution >= 4 is 5.78 Å². The van der Waals surface area contributed by atoms with Crippen LogP contribution in [0.15, 0.2) is 23.8 Å². The predicted molar refractivity (Wildman–Crippen MR) is 63.2 cm³/mol. The van der Waals surface area contributed by atoms with Crippen molar-refractivity contribution in [2.75, 3.05) is 14.2 Å². The molecule has 0 aromatic carbocycles. The first-order valence-corrected chi connectivity index (χ1v) is 6.15. The molecule has 3 heteroatoms. The molecule has 3 aliphatic carbocycles. The molecular formula is C14H18O3. The third-order valence-electron chi connectivity index (χ3n) is 4.73. The van der Waals surface area contributed by atoms with Gasteiger partial charge in [0, 0.05) is 20.1 Å². The van der Waals surface area contributed by atoms with Gasteiger partial charge in [0.05, 0.1) is 0 Å². The summed E-state index contributed by atoms with van der Waals surface area (Å²) in [5, 5.41) is 0. The summed E-state index contributed by atoms with van der Waals surface area (Å²) >= 11 is 0. The van der Waals surface area contributed by atoms with E-state index in [-0.39, 0.29) is 11.7 Å². The number of ketones is 1. The second-order valence-corrected chi connectivity index (χ2v) is 5.33. The highest BCUT2D eigenvalue weighted by Crippen LogP contribution is 2.57. The molecule has 0 aromatic rings. The molecule has 0 aromatic heterocycles. The Kier molecular flexibility index (Phi) is 2.32. The van der Waals surface area contributed by atoms with E-state index in [0.29, 0.717) is 17.8 Å². The fourth-order valence-electron chi connectivity index (χ4n) is 4.09. The fourth-order valence-corrected chi connectivity index (χ4v) is 4.09. The molecule has 0 amide bonds. The van der Waals surface area contributed by atoms with Crippen molar-refractivity contribution in [3.63, 3.8) is 0 Å². The number of hydrogen-bond donors (Lipinski definition) is 0. The standard InChI is InChI=1S/C14H18O3/c1-8-6-11(15)14(16-2,17-3)13-10-5-4-9(7-10)12(8)13/h4-6,9-10,12-13H,7H2,1-3H3/t9-,10+,12-,13+/m0/s1. The molecule has 1 fully saturated rings. The van der Waals surface area contributed by atoms with Crippen LogP contribution in [0.1, 0.15) is 13.3 Å². The van der Waals surface area contributed by atoms with E-state index < -0.39 is 5.79 Å². The molecule has 0 N–H and O–H groups in total. The van der Waals surface area contributed by atoms with Gasteiger partial charge < -0.3 is 9.47 Å². The second-order valence-electron chi connectivity index (χ2n) is 5.33. The largest absolute Gasteiger partial charge is 0.346 e. The summed E-state index contributed by atoms with van der Waals surface area (Å²) < 4.78 is 11.0. The number of fused-ring (bicyclic) bond motifs is 5. The molecule has 0 heterocycles. The minimum Gasteiger partial charge on any atom is -0.346 e. The summed E-state index contributed by atoms with van der Waals surface area (Å²) in [5.41, 5.74) is 1.18. The summed E-state index contributed by atoms with van der Waals surface area (Å²) in [5.74, 6) is 0.417. The van der Waals surface area contributed by atoms with Gasteiger partial charge in [-0.15, -0.1) is 0 Å². The number of allylic oxidation sites excluding steroid dienone is 3. The van der Waals surface area contributed by atoms with Crippen molar-refractivity contribution in [3.05, 3.63) is 23.8 Å². The maximum absolute atomic E-state index is 12.3. The van der Waals surface area contributed by atoms with Crippen molar-refractivity contribution in [1.29, 1.82) is 0 Å². The topological polar surface area (TPSA) is 35.5 Å². The van der Waals surface area contributed by atoms with Gasteiger partial charge in [0.15, 0.2) is 0 Å². The summed E-state index contributed by atoms with van der Waals surface area (Å²) in [4.78, 5) is 12.3. The van der Waals surface area contributed by atoms with Gasteiger partial charge in [-0.1, -0.05) is 17.7 Å². The Bertz CT molecular complexity index is 417. The van der Waals surface area contributed by atoms with Gasteiger partial charge in [0.2, 0.25) is 11.6 Å². The number of ether oxygens (including phenoxy) is 2. The average molecular weight is 234 g/mol. The molecule has 0 spiro atoms. The van der Waals surface area contributed by atoms with E-state index in [9.17, 15) is 4.79 Å². The van der Waals surface area contributed by atoms with Crippen LogP contribution in [0.5, 0.6) is 0 Å². The molecule has 17 heavy (non-hydrogen) atoms. The molecule has 3 aliphatic rings. The van der Waals surface area contributed by atoms with E-state index in [1.54, 1.807) is 20.3 Å². The van der Waals surface area contributed by atoms with Crippen molar-refractivity contribution in [1.82, 2.24) is 0 Å². The Balaban J connectivity index is 2.12.